The number of fused-ring (bicyclic) bond motifs is 1. The second kappa shape index (κ2) is 6.66. The Labute approximate surface area is 133 Å². The number of hydrogen-bond donors (Lipinski definition) is 2. The average Bonchev–Trinajstić information content (AvgIpc) is 2.96. The molecular formula is C17H17N3OS. The molecule has 3 aromatic rings. The lowest BCUT2D eigenvalue weighted by molar-refractivity contribution is -0.113. The molecular weight excluding hydrogens is 294 g/mol. The molecule has 4 nitrogen and oxygen atoms in total. The van der Waals surface area contributed by atoms with Crippen molar-refractivity contribution in [2.45, 2.75) is 18.5 Å². The van der Waals surface area contributed by atoms with Crippen molar-refractivity contribution in [3.63, 3.8) is 0 Å². The van der Waals surface area contributed by atoms with Crippen molar-refractivity contribution < 1.29 is 4.79 Å². The quantitative estimate of drug-likeness (QED) is 0.704. The third kappa shape index (κ3) is 3.49. The van der Waals surface area contributed by atoms with Crippen LogP contribution in [0.5, 0.6) is 0 Å². The summed E-state index contributed by atoms with van der Waals surface area (Å²) in [5, 5.41) is 3.66. The summed E-state index contributed by atoms with van der Waals surface area (Å²) in [6, 6.07) is 15.8. The predicted molar refractivity (Wildman–Crippen MR) is 91.3 cm³/mol. The summed E-state index contributed by atoms with van der Waals surface area (Å²) in [7, 11) is 0. The van der Waals surface area contributed by atoms with Gasteiger partial charge in [-0.05, 0) is 36.2 Å². The van der Waals surface area contributed by atoms with Gasteiger partial charge in [0.1, 0.15) is 0 Å². The van der Waals surface area contributed by atoms with Crippen molar-refractivity contribution in [1.82, 2.24) is 9.97 Å². The highest BCUT2D eigenvalue weighted by Gasteiger charge is 2.07. The van der Waals surface area contributed by atoms with E-state index in [0.29, 0.717) is 5.75 Å². The Morgan fingerprint density at radius 3 is 2.68 bits per heavy atom. The van der Waals surface area contributed by atoms with Crippen molar-refractivity contribution in [3.8, 4) is 0 Å². The third-order valence-electron chi connectivity index (χ3n) is 3.35. The van der Waals surface area contributed by atoms with Gasteiger partial charge >= 0.3 is 0 Å². The molecule has 0 aliphatic carbocycles. The minimum Gasteiger partial charge on any atom is -0.333 e. The van der Waals surface area contributed by atoms with E-state index in [0.717, 1.165) is 28.3 Å². The lowest BCUT2D eigenvalue weighted by Crippen LogP contribution is -2.14. The van der Waals surface area contributed by atoms with Gasteiger partial charge < -0.3 is 10.3 Å². The van der Waals surface area contributed by atoms with Crippen LogP contribution in [0.4, 0.5) is 5.69 Å². The molecule has 0 saturated carbocycles. The number of rotatable bonds is 5. The van der Waals surface area contributed by atoms with Gasteiger partial charge in [-0.2, -0.15) is 0 Å². The summed E-state index contributed by atoms with van der Waals surface area (Å²) in [6.45, 7) is 2.11. The highest BCUT2D eigenvalue weighted by molar-refractivity contribution is 7.99. The highest BCUT2D eigenvalue weighted by Crippen LogP contribution is 2.19. The van der Waals surface area contributed by atoms with Crippen LogP contribution in [-0.4, -0.2) is 21.6 Å². The number of hydrogen-bond acceptors (Lipinski definition) is 3. The molecule has 0 saturated heterocycles. The number of carbonyl (C=O) groups excluding carboxylic acids is 1. The number of carbonyl (C=O) groups is 1. The van der Waals surface area contributed by atoms with Gasteiger partial charge in [-0.25, -0.2) is 4.98 Å². The van der Waals surface area contributed by atoms with Gasteiger partial charge in [-0.15, -0.1) is 0 Å². The zero-order valence-corrected chi connectivity index (χ0v) is 13.1. The minimum absolute atomic E-state index is 0.0327. The number of H-pyrrole nitrogens is 1. The number of nitrogens with zero attached hydrogens (tertiary/aromatic N) is 1. The summed E-state index contributed by atoms with van der Waals surface area (Å²) in [4.78, 5) is 19.6. The van der Waals surface area contributed by atoms with E-state index in [-0.39, 0.29) is 5.91 Å². The monoisotopic (exact) mass is 311 g/mol. The van der Waals surface area contributed by atoms with Crippen molar-refractivity contribution >= 4 is 34.4 Å². The summed E-state index contributed by atoms with van der Waals surface area (Å²) < 4.78 is 0. The van der Waals surface area contributed by atoms with Gasteiger partial charge in [-0.3, -0.25) is 4.79 Å². The number of aromatic nitrogens is 2. The molecule has 112 valence electrons. The number of amides is 1. The summed E-state index contributed by atoms with van der Waals surface area (Å²) in [6.07, 6.45) is 0.996. The largest absolute Gasteiger partial charge is 0.333 e. The molecule has 0 atom stereocenters. The van der Waals surface area contributed by atoms with Crippen LogP contribution in [-0.2, 0) is 11.2 Å². The van der Waals surface area contributed by atoms with Crippen molar-refractivity contribution in [3.05, 3.63) is 54.1 Å². The number of aryl methyl sites for hydroxylation is 1. The maximum atomic E-state index is 12.0. The summed E-state index contributed by atoms with van der Waals surface area (Å²) in [5.41, 5.74) is 3.99. The minimum atomic E-state index is -0.0327. The normalized spacial score (nSPS) is 10.8. The molecule has 1 amide bonds. The fourth-order valence-electron chi connectivity index (χ4n) is 2.15. The Morgan fingerprint density at radius 1 is 1.18 bits per heavy atom. The van der Waals surface area contributed by atoms with Crippen molar-refractivity contribution in [2.24, 2.45) is 0 Å². The Balaban J connectivity index is 1.57. The van der Waals surface area contributed by atoms with E-state index in [1.165, 1.54) is 17.3 Å². The highest BCUT2D eigenvalue weighted by atomic mass is 32.2. The van der Waals surface area contributed by atoms with E-state index in [1.54, 1.807) is 0 Å². The third-order valence-corrected chi connectivity index (χ3v) is 4.23. The van der Waals surface area contributed by atoms with E-state index in [4.69, 9.17) is 0 Å². The smallest absolute Gasteiger partial charge is 0.234 e. The van der Waals surface area contributed by atoms with E-state index in [9.17, 15) is 4.79 Å². The summed E-state index contributed by atoms with van der Waals surface area (Å²) >= 11 is 1.40. The Hall–Kier alpha value is -2.27. The zero-order chi connectivity index (χ0) is 15.4. The number of benzene rings is 2. The number of imidazole rings is 1. The predicted octanol–water partition coefficient (Wildman–Crippen LogP) is 3.86. The molecule has 0 fully saturated rings. The molecule has 1 aromatic heterocycles. The molecule has 0 radical (unpaired) electrons. The first-order chi connectivity index (χ1) is 10.7. The van der Waals surface area contributed by atoms with Crippen LogP contribution in [0.25, 0.3) is 11.0 Å². The van der Waals surface area contributed by atoms with Gasteiger partial charge in [0.05, 0.1) is 16.8 Å². The Kier molecular flexibility index (Phi) is 4.44. The molecule has 2 aromatic carbocycles. The number of nitrogens with one attached hydrogen (secondary N) is 2. The first-order valence-corrected chi connectivity index (χ1v) is 8.19. The van der Waals surface area contributed by atoms with E-state index in [1.807, 2.05) is 48.5 Å². The molecule has 1 heterocycles. The van der Waals surface area contributed by atoms with Crippen LogP contribution in [0.3, 0.4) is 0 Å². The molecule has 5 heteroatoms. The first kappa shape index (κ1) is 14.7. The molecule has 0 spiro atoms. The van der Waals surface area contributed by atoms with Crippen molar-refractivity contribution in [2.75, 3.05) is 11.1 Å². The van der Waals surface area contributed by atoms with E-state index in [2.05, 4.69) is 22.2 Å². The van der Waals surface area contributed by atoms with Crippen LogP contribution in [0.15, 0.2) is 53.7 Å². The van der Waals surface area contributed by atoms with Gasteiger partial charge in [0.2, 0.25) is 5.91 Å². The topological polar surface area (TPSA) is 57.8 Å². The SMILES string of the molecule is CCc1ccc(NC(=O)CSc2nc3ccccc3[nH]2)cc1. The molecule has 3 rings (SSSR count). The Morgan fingerprint density at radius 2 is 1.95 bits per heavy atom. The second-order valence-electron chi connectivity index (χ2n) is 4.95. The number of thioether (sulfide) groups is 1. The molecule has 0 aliphatic rings. The number of para-hydroxylation sites is 2. The van der Waals surface area contributed by atoms with Gasteiger partial charge in [0.15, 0.2) is 5.16 Å². The number of aromatic amines is 1. The van der Waals surface area contributed by atoms with Gasteiger partial charge in [-0.1, -0.05) is 43.0 Å². The second-order valence-corrected chi connectivity index (χ2v) is 5.91. The number of anilines is 1. The van der Waals surface area contributed by atoms with Crippen LogP contribution in [0, 0.1) is 0 Å². The van der Waals surface area contributed by atoms with Crippen LogP contribution < -0.4 is 5.32 Å². The van der Waals surface area contributed by atoms with Gasteiger partial charge in [0.25, 0.3) is 0 Å². The van der Waals surface area contributed by atoms with E-state index < -0.39 is 0 Å². The van der Waals surface area contributed by atoms with Crippen LogP contribution in [0.2, 0.25) is 0 Å². The maximum absolute atomic E-state index is 12.0. The van der Waals surface area contributed by atoms with Crippen LogP contribution >= 0.6 is 11.8 Å². The fraction of sp³-hybridized carbons (Fsp3) is 0.176. The lowest BCUT2D eigenvalue weighted by Gasteiger charge is -2.05. The molecule has 0 unspecified atom stereocenters. The standard InChI is InChI=1S/C17H17N3OS/c1-2-12-7-9-13(10-8-12)18-16(21)11-22-17-19-14-5-3-4-6-15(14)20-17/h3-10H,2,11H2,1H3,(H,18,21)(H,19,20). The van der Waals surface area contributed by atoms with Crippen molar-refractivity contribution in [1.29, 1.82) is 0 Å². The fourth-order valence-corrected chi connectivity index (χ4v) is 2.84. The first-order valence-electron chi connectivity index (χ1n) is 7.21. The summed E-state index contributed by atoms with van der Waals surface area (Å²) in [5.74, 6) is 0.296. The molecule has 0 bridgehead atoms. The molecule has 22 heavy (non-hydrogen) atoms. The average molecular weight is 311 g/mol. The maximum Gasteiger partial charge on any atom is 0.234 e. The van der Waals surface area contributed by atoms with Crippen LogP contribution in [0.1, 0.15) is 12.5 Å². The van der Waals surface area contributed by atoms with Gasteiger partial charge in [0, 0.05) is 5.69 Å². The molecule has 0 aliphatic heterocycles. The zero-order valence-electron chi connectivity index (χ0n) is 12.3. The molecule has 2 N–H and O–H groups in total. The van der Waals surface area contributed by atoms with E-state index >= 15 is 0 Å². The Bertz CT molecular complexity index is 747. The lowest BCUT2D eigenvalue weighted by atomic mass is 10.1.